The van der Waals surface area contributed by atoms with Crippen LogP contribution in [-0.2, 0) is 0 Å². The van der Waals surface area contributed by atoms with Crippen molar-refractivity contribution < 1.29 is 10.0 Å². The van der Waals surface area contributed by atoms with E-state index >= 15 is 0 Å². The van der Waals surface area contributed by atoms with E-state index in [1.165, 1.54) is 12.1 Å². The van der Waals surface area contributed by atoms with Gasteiger partial charge >= 0.3 is 7.12 Å². The summed E-state index contributed by atoms with van der Waals surface area (Å²) in [6.45, 7) is 7.10. The van der Waals surface area contributed by atoms with Gasteiger partial charge in [0.2, 0.25) is 0 Å². The molecule has 0 unspecified atom stereocenters. The van der Waals surface area contributed by atoms with Crippen molar-refractivity contribution in [2.45, 2.75) is 0 Å². The summed E-state index contributed by atoms with van der Waals surface area (Å²) in [7, 11) is -1.41. The van der Waals surface area contributed by atoms with Crippen LogP contribution in [0.5, 0.6) is 0 Å². The van der Waals surface area contributed by atoms with Gasteiger partial charge in [0.05, 0.1) is 0 Å². The lowest BCUT2D eigenvalue weighted by atomic mass is 9.91. The Balaban J connectivity index is 3.87. The second-order valence-corrected chi connectivity index (χ2v) is 1.94. The van der Waals surface area contributed by atoms with E-state index in [0.717, 1.165) is 0 Å². The van der Waals surface area contributed by atoms with Gasteiger partial charge in [0.15, 0.2) is 0 Å². The molecule has 0 radical (unpaired) electrons. The van der Waals surface area contributed by atoms with Crippen LogP contribution in [0, 0.1) is 0 Å². The van der Waals surface area contributed by atoms with Crippen LogP contribution in [0.25, 0.3) is 0 Å². The summed E-state index contributed by atoms with van der Waals surface area (Å²) in [6, 6.07) is 0. The van der Waals surface area contributed by atoms with Gasteiger partial charge in [0, 0.05) is 0 Å². The molecule has 0 aromatic heterocycles. The van der Waals surface area contributed by atoms with E-state index in [0.29, 0.717) is 5.57 Å². The van der Waals surface area contributed by atoms with E-state index in [1.54, 1.807) is 18.2 Å². The first-order valence-corrected chi connectivity index (χ1v) is 3.19. The predicted molar refractivity (Wildman–Crippen MR) is 47.8 cm³/mol. The molecule has 0 fully saturated rings. The molecule has 0 aliphatic carbocycles. The van der Waals surface area contributed by atoms with Crippen LogP contribution in [0.2, 0.25) is 0 Å². The van der Waals surface area contributed by atoms with Crippen molar-refractivity contribution >= 4 is 7.12 Å². The fraction of sp³-hybridized carbons (Fsp3) is 0. The lowest BCUT2D eigenvalue weighted by molar-refractivity contribution is 0.424. The van der Waals surface area contributed by atoms with E-state index in [1.807, 2.05) is 0 Å². The quantitative estimate of drug-likeness (QED) is 0.460. The summed E-state index contributed by atoms with van der Waals surface area (Å²) in [4.78, 5) is 0. The van der Waals surface area contributed by atoms with E-state index in [-0.39, 0.29) is 0 Å². The predicted octanol–water partition coefficient (Wildman–Crippen LogP) is 0.853. The van der Waals surface area contributed by atoms with Crippen molar-refractivity contribution in [2.24, 2.45) is 0 Å². The molecule has 0 aromatic carbocycles. The molecule has 0 saturated heterocycles. The monoisotopic (exact) mass is 150 g/mol. The summed E-state index contributed by atoms with van der Waals surface area (Å²) >= 11 is 0. The van der Waals surface area contributed by atoms with Gasteiger partial charge in [-0.25, -0.2) is 0 Å². The number of allylic oxidation sites excluding steroid dienone is 5. The van der Waals surface area contributed by atoms with Gasteiger partial charge in [0.25, 0.3) is 0 Å². The maximum absolute atomic E-state index is 8.41. The van der Waals surface area contributed by atoms with Crippen molar-refractivity contribution in [3.05, 3.63) is 49.0 Å². The molecule has 0 aliphatic heterocycles. The summed E-state index contributed by atoms with van der Waals surface area (Å²) < 4.78 is 0. The molecule has 0 amide bonds. The van der Waals surface area contributed by atoms with Gasteiger partial charge < -0.3 is 10.0 Å². The molecule has 0 heterocycles. The van der Waals surface area contributed by atoms with Gasteiger partial charge in [-0.15, -0.1) is 0 Å². The first-order chi connectivity index (χ1) is 5.16. The first kappa shape index (κ1) is 9.94. The third-order valence-corrected chi connectivity index (χ3v) is 0.929. The third kappa shape index (κ3) is 6.83. The Kier molecular flexibility index (Phi) is 5.16. The zero-order chi connectivity index (χ0) is 8.69. The van der Waals surface area contributed by atoms with Gasteiger partial charge in [-0.3, -0.25) is 0 Å². The van der Waals surface area contributed by atoms with Crippen LogP contribution in [0.4, 0.5) is 0 Å². The molecule has 58 valence electrons. The fourth-order valence-corrected chi connectivity index (χ4v) is 0.457. The van der Waals surface area contributed by atoms with Crippen molar-refractivity contribution in [1.82, 2.24) is 0 Å². The van der Waals surface area contributed by atoms with E-state index < -0.39 is 7.12 Å². The zero-order valence-corrected chi connectivity index (χ0v) is 6.27. The minimum atomic E-state index is -1.41. The lowest BCUT2D eigenvalue weighted by Gasteiger charge is -1.87. The normalized spacial score (nSPS) is 10.7. The van der Waals surface area contributed by atoms with Crippen molar-refractivity contribution in [1.29, 1.82) is 0 Å². The minimum absolute atomic E-state index is 0.693. The fourth-order valence-electron chi connectivity index (χ4n) is 0.457. The first-order valence-electron chi connectivity index (χ1n) is 3.19. The highest BCUT2D eigenvalue weighted by molar-refractivity contribution is 6.47. The Labute approximate surface area is 67.0 Å². The van der Waals surface area contributed by atoms with Crippen LogP contribution in [0.3, 0.4) is 0 Å². The molecule has 0 saturated carbocycles. The molecule has 0 rings (SSSR count). The number of rotatable bonds is 4. The van der Waals surface area contributed by atoms with Gasteiger partial charge in [-0.1, -0.05) is 43.4 Å². The Morgan fingerprint density at radius 2 is 1.91 bits per heavy atom. The Morgan fingerprint density at radius 3 is 2.36 bits per heavy atom. The molecular weight excluding hydrogens is 139 g/mol. The van der Waals surface area contributed by atoms with Crippen LogP contribution in [0.15, 0.2) is 49.0 Å². The summed E-state index contributed by atoms with van der Waals surface area (Å²) in [5, 5.41) is 16.8. The summed E-state index contributed by atoms with van der Waals surface area (Å²) in [5.41, 5.74) is 0.693. The van der Waals surface area contributed by atoms with Crippen molar-refractivity contribution in [3.8, 4) is 0 Å². The molecule has 0 aliphatic rings. The van der Waals surface area contributed by atoms with Crippen LogP contribution in [0.1, 0.15) is 0 Å². The summed E-state index contributed by atoms with van der Waals surface area (Å²) in [6.07, 6.45) is 6.57. The summed E-state index contributed by atoms with van der Waals surface area (Å²) in [5.74, 6) is 1.23. The molecule has 0 aromatic rings. The van der Waals surface area contributed by atoms with Gasteiger partial charge in [-0.2, -0.15) is 0 Å². The average molecular weight is 150 g/mol. The Hall–Kier alpha value is -1.06. The third-order valence-electron chi connectivity index (χ3n) is 0.929. The number of hydrogen-bond acceptors (Lipinski definition) is 2. The second kappa shape index (κ2) is 5.71. The Morgan fingerprint density at radius 1 is 1.27 bits per heavy atom. The lowest BCUT2D eigenvalue weighted by Crippen LogP contribution is -2.05. The average Bonchev–Trinajstić information content (AvgIpc) is 1.97. The van der Waals surface area contributed by atoms with Crippen molar-refractivity contribution in [2.75, 3.05) is 0 Å². The minimum Gasteiger partial charge on any atom is -0.424 e. The van der Waals surface area contributed by atoms with Gasteiger partial charge in [-0.05, 0) is 5.57 Å². The SMILES string of the molecule is C=C/C=C\C(=C)/C=C/B(O)O. The maximum atomic E-state index is 8.41. The maximum Gasteiger partial charge on any atom is 0.480 e. The van der Waals surface area contributed by atoms with Gasteiger partial charge in [0.1, 0.15) is 0 Å². The van der Waals surface area contributed by atoms with Crippen LogP contribution >= 0.6 is 0 Å². The molecule has 2 nitrogen and oxygen atoms in total. The zero-order valence-electron chi connectivity index (χ0n) is 6.27. The second-order valence-electron chi connectivity index (χ2n) is 1.94. The molecule has 11 heavy (non-hydrogen) atoms. The highest BCUT2D eigenvalue weighted by Gasteiger charge is 1.96. The largest absolute Gasteiger partial charge is 0.480 e. The highest BCUT2D eigenvalue weighted by Crippen LogP contribution is 1.94. The molecule has 2 N–H and O–H groups in total. The standard InChI is InChI=1S/C8H11BO2/c1-3-4-5-8(2)6-7-9(10)11/h3-7,10-11H,1-2H2/b5-4-,7-6+. The molecular formula is C8H11BO2. The van der Waals surface area contributed by atoms with Crippen molar-refractivity contribution in [3.63, 3.8) is 0 Å². The van der Waals surface area contributed by atoms with Crippen LogP contribution < -0.4 is 0 Å². The van der Waals surface area contributed by atoms with E-state index in [9.17, 15) is 0 Å². The highest BCUT2D eigenvalue weighted by atomic mass is 16.4. The molecule has 0 bridgehead atoms. The van der Waals surface area contributed by atoms with E-state index in [2.05, 4.69) is 13.2 Å². The molecule has 0 atom stereocenters. The van der Waals surface area contributed by atoms with E-state index in [4.69, 9.17) is 10.0 Å². The molecule has 3 heteroatoms. The Bertz CT molecular complexity index is 192. The molecule has 0 spiro atoms. The number of hydrogen-bond donors (Lipinski definition) is 2. The topological polar surface area (TPSA) is 40.5 Å². The smallest absolute Gasteiger partial charge is 0.424 e. The van der Waals surface area contributed by atoms with Crippen LogP contribution in [-0.4, -0.2) is 17.2 Å².